The second-order valence-electron chi connectivity index (χ2n) is 4.84. The summed E-state index contributed by atoms with van der Waals surface area (Å²) in [6.07, 6.45) is 1.36. The molecular formula is C11H14ClN5S. The van der Waals surface area contributed by atoms with Crippen molar-refractivity contribution in [2.24, 2.45) is 0 Å². The molecule has 3 N–H and O–H groups in total. The third-order valence-electron chi connectivity index (χ3n) is 2.33. The lowest BCUT2D eigenvalue weighted by Crippen LogP contribution is -2.11. The van der Waals surface area contributed by atoms with Gasteiger partial charge in [-0.1, -0.05) is 32.4 Å². The van der Waals surface area contributed by atoms with Gasteiger partial charge in [0.2, 0.25) is 0 Å². The first-order chi connectivity index (χ1) is 8.38. The van der Waals surface area contributed by atoms with Crippen LogP contribution in [0.1, 0.15) is 26.5 Å². The van der Waals surface area contributed by atoms with Gasteiger partial charge in [0, 0.05) is 10.8 Å². The zero-order valence-electron chi connectivity index (χ0n) is 10.4. The monoisotopic (exact) mass is 283 g/mol. The predicted molar refractivity (Wildman–Crippen MR) is 75.6 cm³/mol. The van der Waals surface area contributed by atoms with E-state index in [-0.39, 0.29) is 10.6 Å². The smallest absolute Gasteiger partial charge is 0.188 e. The van der Waals surface area contributed by atoms with Crippen molar-refractivity contribution >= 4 is 39.6 Å². The van der Waals surface area contributed by atoms with Gasteiger partial charge in [-0.3, -0.25) is 0 Å². The summed E-state index contributed by atoms with van der Waals surface area (Å²) in [6, 6.07) is 0. The summed E-state index contributed by atoms with van der Waals surface area (Å²) in [4.78, 5) is 12.3. The molecule has 96 valence electrons. The number of nitrogens with one attached hydrogen (secondary N) is 1. The molecule has 0 spiro atoms. The Morgan fingerprint density at radius 1 is 1.33 bits per heavy atom. The number of nitrogens with zero attached hydrogens (tertiary/aromatic N) is 3. The number of thiazole rings is 1. The van der Waals surface area contributed by atoms with E-state index in [1.807, 2.05) is 5.38 Å². The highest BCUT2D eigenvalue weighted by atomic mass is 35.5. The SMILES string of the molecule is CC(C)(C)c1csc(Nc2ncnc(Cl)c2N)n1. The lowest BCUT2D eigenvalue weighted by molar-refractivity contribution is 0.573. The molecule has 0 amide bonds. The molecule has 0 radical (unpaired) electrons. The van der Waals surface area contributed by atoms with E-state index < -0.39 is 0 Å². The Hall–Kier alpha value is -1.40. The number of rotatable bonds is 2. The maximum Gasteiger partial charge on any atom is 0.188 e. The lowest BCUT2D eigenvalue weighted by Gasteiger charge is -2.14. The van der Waals surface area contributed by atoms with Crippen LogP contribution in [0.4, 0.5) is 16.6 Å². The Bertz CT molecular complexity index is 561. The minimum atomic E-state index is 0.0191. The number of halogens is 1. The van der Waals surface area contributed by atoms with Crippen LogP contribution < -0.4 is 11.1 Å². The van der Waals surface area contributed by atoms with Gasteiger partial charge in [0.05, 0.1) is 5.69 Å². The van der Waals surface area contributed by atoms with Crippen molar-refractivity contribution in [1.29, 1.82) is 0 Å². The molecule has 5 nitrogen and oxygen atoms in total. The molecule has 0 aliphatic carbocycles. The van der Waals surface area contributed by atoms with E-state index in [4.69, 9.17) is 17.3 Å². The number of aromatic nitrogens is 3. The molecular weight excluding hydrogens is 270 g/mol. The number of anilines is 3. The van der Waals surface area contributed by atoms with Crippen molar-refractivity contribution in [3.05, 3.63) is 22.6 Å². The highest BCUT2D eigenvalue weighted by Gasteiger charge is 2.18. The fourth-order valence-corrected chi connectivity index (χ4v) is 2.32. The van der Waals surface area contributed by atoms with Gasteiger partial charge in [0.25, 0.3) is 0 Å². The molecule has 0 saturated carbocycles. The zero-order valence-corrected chi connectivity index (χ0v) is 11.9. The molecule has 0 fully saturated rings. The van der Waals surface area contributed by atoms with E-state index in [2.05, 4.69) is 41.0 Å². The summed E-state index contributed by atoms with van der Waals surface area (Å²) in [5.74, 6) is 0.477. The maximum absolute atomic E-state index is 5.82. The average Bonchev–Trinajstić information content (AvgIpc) is 2.73. The van der Waals surface area contributed by atoms with Gasteiger partial charge in [-0.2, -0.15) is 0 Å². The third-order valence-corrected chi connectivity index (χ3v) is 3.39. The standard InChI is InChI=1S/C11H14ClN5S/c1-11(2,3)6-4-18-10(16-6)17-9-7(13)8(12)14-5-15-9/h4-5H,13H2,1-3H3,(H,14,15,16,17). The molecule has 0 aromatic carbocycles. The van der Waals surface area contributed by atoms with E-state index in [1.54, 1.807) is 0 Å². The number of nitrogen functional groups attached to an aromatic ring is 1. The first-order valence-electron chi connectivity index (χ1n) is 5.37. The number of nitrogens with two attached hydrogens (primary N) is 1. The molecule has 0 unspecified atom stereocenters. The summed E-state index contributed by atoms with van der Waals surface area (Å²) in [7, 11) is 0. The molecule has 18 heavy (non-hydrogen) atoms. The van der Waals surface area contributed by atoms with Gasteiger partial charge >= 0.3 is 0 Å². The molecule has 0 bridgehead atoms. The second-order valence-corrected chi connectivity index (χ2v) is 6.06. The van der Waals surface area contributed by atoms with Crippen molar-refractivity contribution in [2.75, 3.05) is 11.1 Å². The van der Waals surface area contributed by atoms with Crippen LogP contribution in [0.3, 0.4) is 0 Å². The van der Waals surface area contributed by atoms with Crippen LogP contribution in [0.5, 0.6) is 0 Å². The summed E-state index contributed by atoms with van der Waals surface area (Å²) in [5.41, 5.74) is 7.15. The minimum absolute atomic E-state index is 0.0191. The van der Waals surface area contributed by atoms with E-state index in [0.29, 0.717) is 11.5 Å². The highest BCUT2D eigenvalue weighted by molar-refractivity contribution is 7.13. The largest absolute Gasteiger partial charge is 0.393 e. The lowest BCUT2D eigenvalue weighted by atomic mass is 9.93. The normalized spacial score (nSPS) is 11.6. The predicted octanol–water partition coefficient (Wildman–Crippen LogP) is 3.21. The van der Waals surface area contributed by atoms with E-state index in [0.717, 1.165) is 10.8 Å². The first kappa shape index (κ1) is 13.0. The van der Waals surface area contributed by atoms with Gasteiger partial charge in [0.15, 0.2) is 16.1 Å². The van der Waals surface area contributed by atoms with Crippen molar-refractivity contribution in [1.82, 2.24) is 15.0 Å². The Morgan fingerprint density at radius 2 is 2.06 bits per heavy atom. The first-order valence-corrected chi connectivity index (χ1v) is 6.62. The second kappa shape index (κ2) is 4.70. The molecule has 0 aliphatic rings. The van der Waals surface area contributed by atoms with Crippen LogP contribution in [-0.4, -0.2) is 15.0 Å². The molecule has 2 rings (SSSR count). The van der Waals surface area contributed by atoms with Crippen LogP contribution in [0.15, 0.2) is 11.7 Å². The highest BCUT2D eigenvalue weighted by Crippen LogP contribution is 2.30. The van der Waals surface area contributed by atoms with E-state index in [9.17, 15) is 0 Å². The number of hydrogen-bond donors (Lipinski definition) is 2. The average molecular weight is 284 g/mol. The van der Waals surface area contributed by atoms with E-state index in [1.165, 1.54) is 17.7 Å². The Morgan fingerprint density at radius 3 is 2.67 bits per heavy atom. The minimum Gasteiger partial charge on any atom is -0.393 e. The molecule has 2 heterocycles. The third kappa shape index (κ3) is 2.70. The molecule has 0 atom stereocenters. The maximum atomic E-state index is 5.82. The molecule has 0 aliphatic heterocycles. The fraction of sp³-hybridized carbons (Fsp3) is 0.364. The van der Waals surface area contributed by atoms with Crippen LogP contribution in [0.25, 0.3) is 0 Å². The van der Waals surface area contributed by atoms with Gasteiger partial charge in [0.1, 0.15) is 12.0 Å². The van der Waals surface area contributed by atoms with Crippen molar-refractivity contribution in [3.8, 4) is 0 Å². The van der Waals surface area contributed by atoms with Crippen LogP contribution in [-0.2, 0) is 5.41 Å². The fourth-order valence-electron chi connectivity index (χ4n) is 1.25. The van der Waals surface area contributed by atoms with Crippen molar-refractivity contribution in [2.45, 2.75) is 26.2 Å². The number of hydrogen-bond acceptors (Lipinski definition) is 6. The van der Waals surface area contributed by atoms with Crippen LogP contribution >= 0.6 is 22.9 Å². The van der Waals surface area contributed by atoms with Crippen molar-refractivity contribution < 1.29 is 0 Å². The van der Waals surface area contributed by atoms with Gasteiger partial charge in [-0.05, 0) is 0 Å². The Kier molecular flexibility index (Phi) is 3.41. The van der Waals surface area contributed by atoms with Crippen molar-refractivity contribution in [3.63, 3.8) is 0 Å². The van der Waals surface area contributed by atoms with Crippen LogP contribution in [0, 0.1) is 0 Å². The summed E-state index contributed by atoms with van der Waals surface area (Å²) >= 11 is 7.33. The zero-order chi connectivity index (χ0) is 13.3. The molecule has 2 aromatic rings. The van der Waals surface area contributed by atoms with Gasteiger partial charge in [-0.15, -0.1) is 11.3 Å². The van der Waals surface area contributed by atoms with Crippen LogP contribution in [0.2, 0.25) is 5.15 Å². The summed E-state index contributed by atoms with van der Waals surface area (Å²) in [6.45, 7) is 6.34. The Balaban J connectivity index is 2.24. The summed E-state index contributed by atoms with van der Waals surface area (Å²) < 4.78 is 0. The quantitative estimate of drug-likeness (QED) is 0.828. The van der Waals surface area contributed by atoms with Gasteiger partial charge in [-0.25, -0.2) is 15.0 Å². The van der Waals surface area contributed by atoms with Gasteiger partial charge < -0.3 is 11.1 Å². The topological polar surface area (TPSA) is 76.7 Å². The summed E-state index contributed by atoms with van der Waals surface area (Å²) in [5, 5.41) is 6.04. The Labute approximate surface area is 114 Å². The molecule has 7 heteroatoms. The van der Waals surface area contributed by atoms with E-state index >= 15 is 0 Å². The molecule has 0 saturated heterocycles. The molecule has 2 aromatic heterocycles.